The van der Waals surface area contributed by atoms with Gasteiger partial charge in [0.05, 0.1) is 48.9 Å². The Morgan fingerprint density at radius 2 is 1.93 bits per heavy atom. The number of anilines is 2. The molecule has 3 aromatic rings. The Balaban J connectivity index is 1.96. The highest BCUT2D eigenvalue weighted by Crippen LogP contribution is 2.27. The molecule has 1 aromatic carbocycles. The second kappa shape index (κ2) is 15.2. The van der Waals surface area contributed by atoms with Gasteiger partial charge in [-0.1, -0.05) is 6.92 Å². The molecule has 2 aromatic heterocycles. The Morgan fingerprint density at radius 3 is 2.58 bits per heavy atom. The number of hydrogen-bond acceptors (Lipinski definition) is 8. The molecule has 216 valence electrons. The van der Waals surface area contributed by atoms with Crippen LogP contribution in [0.4, 0.5) is 24.7 Å². The number of ether oxygens (including phenoxy) is 2. The highest BCUT2D eigenvalue weighted by molar-refractivity contribution is 5.81. The van der Waals surface area contributed by atoms with Gasteiger partial charge >= 0.3 is 0 Å². The normalized spacial score (nSPS) is 12.6. The van der Waals surface area contributed by atoms with Crippen LogP contribution in [0.3, 0.4) is 0 Å². The number of aromatic nitrogens is 3. The molecule has 0 amide bonds. The number of nitrogens with one attached hydrogen (secondary N) is 2. The number of allylic oxidation sites excluding steroid dienone is 2. The van der Waals surface area contributed by atoms with Crippen molar-refractivity contribution in [3.8, 4) is 11.3 Å². The van der Waals surface area contributed by atoms with E-state index in [1.165, 1.54) is 0 Å². The molecule has 0 unspecified atom stereocenters. The average molecular weight is 559 g/mol. The smallest absolute Gasteiger partial charge is 0.288 e. The average Bonchev–Trinajstić information content (AvgIpc) is 2.99. The molecule has 0 saturated heterocycles. The molecule has 0 radical (unpaired) electrons. The number of methoxy groups -OCH3 is 2. The summed E-state index contributed by atoms with van der Waals surface area (Å²) in [5.41, 5.74) is 4.60. The van der Waals surface area contributed by atoms with Gasteiger partial charge in [0, 0.05) is 50.3 Å². The summed E-state index contributed by atoms with van der Waals surface area (Å²) in [4.78, 5) is 15.8. The lowest BCUT2D eigenvalue weighted by molar-refractivity contribution is -0.0205. The summed E-state index contributed by atoms with van der Waals surface area (Å²) >= 11 is 0. The molecule has 2 N–H and O–H groups in total. The number of alkyl halides is 3. The van der Waals surface area contributed by atoms with Crippen LogP contribution in [0.2, 0.25) is 0 Å². The van der Waals surface area contributed by atoms with Crippen molar-refractivity contribution in [3.63, 3.8) is 0 Å². The minimum absolute atomic E-state index is 0.283. The highest BCUT2D eigenvalue weighted by atomic mass is 19.3. The molecule has 0 spiro atoms. The number of nitrogens with zero attached hydrogens (tertiary/aromatic N) is 4. The highest BCUT2D eigenvalue weighted by Gasteiger charge is 2.27. The fraction of sp³-hybridized carbons (Fsp3) is 0.414. The molecule has 0 bridgehead atoms. The molecule has 0 aliphatic carbocycles. The first kappa shape index (κ1) is 30.8. The molecular formula is C29H37F3N6O2. The summed E-state index contributed by atoms with van der Waals surface area (Å²) < 4.78 is 50.0. The second-order valence-corrected chi connectivity index (χ2v) is 9.03. The van der Waals surface area contributed by atoms with Crippen molar-refractivity contribution in [1.82, 2.24) is 20.3 Å². The molecule has 0 atom stereocenters. The van der Waals surface area contributed by atoms with Gasteiger partial charge in [-0.15, -0.1) is 0 Å². The monoisotopic (exact) mass is 558 g/mol. The standard InChI is InChI=1S/C29H37F3N6O2/c1-5-24(40-4)15-23(11-14-39-3)38(13-6-12-34-20-29(31,32)19-30)22-8-9-25-26(16-22)37-27(18-35-25)21-7-10-28(33-2)36-17-21/h7-11,15-18,34H,5-6,12-14,19-20H2,1-4H3,(H,33,36)/b23-11+,24-15+. The van der Waals surface area contributed by atoms with Crippen molar-refractivity contribution in [2.45, 2.75) is 25.7 Å². The van der Waals surface area contributed by atoms with Crippen molar-refractivity contribution in [1.29, 1.82) is 0 Å². The SMILES string of the molecule is CC/C(=C\C(=C/COC)N(CCCNCC(F)(F)CF)c1ccc2ncc(-c3ccc(NC)nc3)nc2c1)OC. The van der Waals surface area contributed by atoms with E-state index in [0.29, 0.717) is 37.2 Å². The summed E-state index contributed by atoms with van der Waals surface area (Å²) in [7, 11) is 5.04. The summed E-state index contributed by atoms with van der Waals surface area (Å²) in [6.07, 6.45) is 8.52. The number of benzene rings is 1. The molecule has 0 aliphatic rings. The number of pyridine rings is 1. The minimum atomic E-state index is -3.38. The zero-order valence-corrected chi connectivity index (χ0v) is 23.4. The number of rotatable bonds is 16. The summed E-state index contributed by atoms with van der Waals surface area (Å²) in [5.74, 6) is -1.85. The van der Waals surface area contributed by atoms with Gasteiger partial charge in [0.2, 0.25) is 0 Å². The lowest BCUT2D eigenvalue weighted by Crippen LogP contribution is -2.36. The van der Waals surface area contributed by atoms with Crippen molar-refractivity contribution < 1.29 is 22.6 Å². The van der Waals surface area contributed by atoms with E-state index >= 15 is 0 Å². The Bertz CT molecular complexity index is 1280. The van der Waals surface area contributed by atoms with Crippen LogP contribution in [0, 0.1) is 0 Å². The fourth-order valence-corrected chi connectivity index (χ4v) is 3.97. The summed E-state index contributed by atoms with van der Waals surface area (Å²) in [5, 5.41) is 5.66. The van der Waals surface area contributed by atoms with Gasteiger partial charge in [-0.3, -0.25) is 4.98 Å². The molecule has 3 rings (SSSR count). The van der Waals surface area contributed by atoms with Crippen molar-refractivity contribution in [2.24, 2.45) is 0 Å². The maximum Gasteiger partial charge on any atom is 0.288 e. The van der Waals surface area contributed by atoms with Gasteiger partial charge < -0.3 is 25.0 Å². The van der Waals surface area contributed by atoms with E-state index in [1.54, 1.807) is 33.7 Å². The van der Waals surface area contributed by atoms with E-state index in [2.05, 4.69) is 25.5 Å². The Labute approximate surface area is 233 Å². The van der Waals surface area contributed by atoms with Crippen LogP contribution in [0.15, 0.2) is 66.3 Å². The van der Waals surface area contributed by atoms with E-state index in [0.717, 1.165) is 34.0 Å². The largest absolute Gasteiger partial charge is 0.501 e. The van der Waals surface area contributed by atoms with E-state index in [9.17, 15) is 13.2 Å². The molecular weight excluding hydrogens is 521 g/mol. The van der Waals surface area contributed by atoms with Gasteiger partial charge in [-0.25, -0.2) is 23.1 Å². The number of fused-ring (bicyclic) bond motifs is 1. The molecule has 2 heterocycles. The third-order valence-electron chi connectivity index (χ3n) is 6.16. The molecule has 11 heteroatoms. The summed E-state index contributed by atoms with van der Waals surface area (Å²) in [6.45, 7) is 0.719. The first-order chi connectivity index (χ1) is 19.3. The van der Waals surface area contributed by atoms with Crippen LogP contribution in [0.25, 0.3) is 22.3 Å². The van der Waals surface area contributed by atoms with Gasteiger partial charge in [-0.05, 0) is 55.4 Å². The maximum absolute atomic E-state index is 13.3. The third-order valence-corrected chi connectivity index (χ3v) is 6.16. The van der Waals surface area contributed by atoms with Crippen LogP contribution in [0.1, 0.15) is 19.8 Å². The van der Waals surface area contributed by atoms with Crippen LogP contribution in [-0.4, -0.2) is 75.1 Å². The van der Waals surface area contributed by atoms with Gasteiger partial charge in [0.1, 0.15) is 5.82 Å². The van der Waals surface area contributed by atoms with Crippen molar-refractivity contribution in [3.05, 3.63) is 66.3 Å². The predicted molar refractivity (Wildman–Crippen MR) is 153 cm³/mol. The fourth-order valence-electron chi connectivity index (χ4n) is 3.97. The van der Waals surface area contributed by atoms with Crippen LogP contribution in [-0.2, 0) is 9.47 Å². The van der Waals surface area contributed by atoms with E-state index < -0.39 is 19.1 Å². The second-order valence-electron chi connectivity index (χ2n) is 9.03. The van der Waals surface area contributed by atoms with Crippen molar-refractivity contribution >= 4 is 22.5 Å². The van der Waals surface area contributed by atoms with E-state index in [1.807, 2.05) is 49.4 Å². The first-order valence-electron chi connectivity index (χ1n) is 13.1. The van der Waals surface area contributed by atoms with Crippen molar-refractivity contribution in [2.75, 3.05) is 64.4 Å². The third kappa shape index (κ3) is 8.65. The van der Waals surface area contributed by atoms with Crippen LogP contribution < -0.4 is 15.5 Å². The number of halogens is 3. The molecule has 40 heavy (non-hydrogen) atoms. The molecule has 0 aliphatic heterocycles. The lowest BCUT2D eigenvalue weighted by Gasteiger charge is -2.27. The Kier molecular flexibility index (Phi) is 11.7. The first-order valence-corrected chi connectivity index (χ1v) is 13.1. The predicted octanol–water partition coefficient (Wildman–Crippen LogP) is 5.60. The lowest BCUT2D eigenvalue weighted by atomic mass is 10.1. The van der Waals surface area contributed by atoms with Crippen LogP contribution in [0.5, 0.6) is 0 Å². The molecule has 0 saturated carbocycles. The summed E-state index contributed by atoms with van der Waals surface area (Å²) in [6, 6.07) is 9.58. The Morgan fingerprint density at radius 1 is 1.10 bits per heavy atom. The van der Waals surface area contributed by atoms with Gasteiger partial charge in [-0.2, -0.15) is 0 Å². The zero-order valence-electron chi connectivity index (χ0n) is 23.4. The quantitative estimate of drug-likeness (QED) is 0.134. The Hall–Kier alpha value is -3.70. The molecule has 8 nitrogen and oxygen atoms in total. The van der Waals surface area contributed by atoms with Crippen LogP contribution >= 0.6 is 0 Å². The van der Waals surface area contributed by atoms with E-state index in [-0.39, 0.29) is 6.54 Å². The maximum atomic E-state index is 13.3. The molecule has 0 fully saturated rings. The van der Waals surface area contributed by atoms with E-state index in [4.69, 9.17) is 14.5 Å². The minimum Gasteiger partial charge on any atom is -0.501 e. The number of hydrogen-bond donors (Lipinski definition) is 2. The topological polar surface area (TPSA) is 84.4 Å². The van der Waals surface area contributed by atoms with Gasteiger partial charge in [0.15, 0.2) is 6.67 Å². The van der Waals surface area contributed by atoms with Gasteiger partial charge in [0.25, 0.3) is 5.92 Å². The zero-order chi connectivity index (χ0) is 29.0.